The Hall–Kier alpha value is -2.89. The van der Waals surface area contributed by atoms with Crippen molar-refractivity contribution >= 4 is 29.2 Å². The molecule has 3 aromatic rings. The zero-order valence-electron chi connectivity index (χ0n) is 17.3. The maximum absolute atomic E-state index is 13.2. The van der Waals surface area contributed by atoms with Crippen LogP contribution in [0.25, 0.3) is 11.6 Å². The molecule has 3 N–H and O–H groups in total. The lowest BCUT2D eigenvalue weighted by molar-refractivity contribution is 0.0911. The number of aliphatic hydroxyl groups excluding tert-OH is 1. The minimum atomic E-state index is -0.491. The van der Waals surface area contributed by atoms with Gasteiger partial charge >= 0.3 is 0 Å². The number of fused-ring (bicyclic) bond motifs is 1. The van der Waals surface area contributed by atoms with E-state index in [9.17, 15) is 9.90 Å². The molecule has 0 spiro atoms. The van der Waals surface area contributed by atoms with Crippen LogP contribution in [-0.4, -0.2) is 27.8 Å². The lowest BCUT2D eigenvalue weighted by Crippen LogP contribution is -2.31. The number of aromatic nitrogens is 2. The molecule has 5 nitrogen and oxygen atoms in total. The third kappa shape index (κ3) is 5.06. The number of aryl methyl sites for hydroxylation is 1. The first kappa shape index (κ1) is 21.3. The van der Waals surface area contributed by atoms with Crippen molar-refractivity contribution in [1.29, 1.82) is 0 Å². The van der Waals surface area contributed by atoms with Crippen LogP contribution in [0, 0.1) is 0 Å². The molecule has 1 heterocycles. The molecular weight excluding hydrogens is 410 g/mol. The van der Waals surface area contributed by atoms with E-state index < -0.39 is 6.04 Å². The molecule has 0 fully saturated rings. The highest BCUT2D eigenvalue weighted by Crippen LogP contribution is 2.32. The lowest BCUT2D eigenvalue weighted by atomic mass is 9.90. The van der Waals surface area contributed by atoms with E-state index in [2.05, 4.69) is 21.6 Å². The minimum absolute atomic E-state index is 0.187. The number of nitrogens with one attached hydrogen (secondary N) is 2. The Labute approximate surface area is 187 Å². The standard InChI is InChI=1S/C25H26ClN3O2/c26-20-12-7-8-17(15-20)14-19-11-5-2-6-13-21-23(19)24(29-28-21)25(31)27-22(16-30)18-9-3-1-4-10-18/h1,3-4,7-10,12,14-15,22,30H,2,5-6,11,13,16H2,(H,27,31)(H,28,29)/t22-/m1/s1. The van der Waals surface area contributed by atoms with Crippen molar-refractivity contribution in [2.45, 2.75) is 38.1 Å². The molecule has 1 atom stereocenters. The summed E-state index contributed by atoms with van der Waals surface area (Å²) in [7, 11) is 0. The summed E-state index contributed by atoms with van der Waals surface area (Å²) in [6.45, 7) is -0.187. The maximum Gasteiger partial charge on any atom is 0.272 e. The van der Waals surface area contributed by atoms with Crippen molar-refractivity contribution in [1.82, 2.24) is 15.5 Å². The van der Waals surface area contributed by atoms with E-state index in [1.165, 1.54) is 0 Å². The van der Waals surface area contributed by atoms with E-state index in [0.717, 1.165) is 60.1 Å². The molecule has 1 aliphatic carbocycles. The highest BCUT2D eigenvalue weighted by molar-refractivity contribution is 6.30. The average Bonchev–Trinajstić information content (AvgIpc) is 3.18. The van der Waals surface area contributed by atoms with Crippen LogP contribution in [0.2, 0.25) is 5.02 Å². The Kier molecular flexibility index (Phi) is 6.85. The summed E-state index contributed by atoms with van der Waals surface area (Å²) in [5.41, 5.74) is 5.17. The number of hydrogen-bond acceptors (Lipinski definition) is 3. The number of aromatic amines is 1. The topological polar surface area (TPSA) is 78.0 Å². The van der Waals surface area contributed by atoms with E-state index in [1.807, 2.05) is 54.6 Å². The fourth-order valence-corrected chi connectivity index (χ4v) is 4.28. The van der Waals surface area contributed by atoms with Crippen LogP contribution in [0.3, 0.4) is 0 Å². The van der Waals surface area contributed by atoms with Gasteiger partial charge in [0, 0.05) is 16.3 Å². The number of nitrogens with zero attached hydrogens (tertiary/aromatic N) is 1. The lowest BCUT2D eigenvalue weighted by Gasteiger charge is -2.18. The average molecular weight is 436 g/mol. The Morgan fingerprint density at radius 2 is 1.94 bits per heavy atom. The van der Waals surface area contributed by atoms with Gasteiger partial charge in [-0.1, -0.05) is 66.6 Å². The minimum Gasteiger partial charge on any atom is -0.394 e. The second-order valence-corrected chi connectivity index (χ2v) is 8.27. The van der Waals surface area contributed by atoms with Crippen LogP contribution in [0.1, 0.15) is 64.6 Å². The first-order valence-corrected chi connectivity index (χ1v) is 11.0. The monoisotopic (exact) mass is 435 g/mol. The van der Waals surface area contributed by atoms with E-state index >= 15 is 0 Å². The molecule has 4 rings (SSSR count). The number of carbonyl (C=O) groups excluding carboxylic acids is 1. The number of H-pyrrole nitrogens is 1. The predicted octanol–water partition coefficient (Wildman–Crippen LogP) is 5.18. The molecule has 1 amide bonds. The SMILES string of the molecule is O=C(N[C@H](CO)c1ccccc1)c1n[nH]c2c1C(=Cc1cccc(Cl)c1)CCCCC2. The van der Waals surface area contributed by atoms with E-state index in [0.29, 0.717) is 10.7 Å². The van der Waals surface area contributed by atoms with Crippen LogP contribution < -0.4 is 5.32 Å². The highest BCUT2D eigenvalue weighted by Gasteiger charge is 2.25. The molecule has 1 aromatic heterocycles. The Bertz CT molecular complexity index is 1080. The van der Waals surface area contributed by atoms with Gasteiger partial charge in [-0.2, -0.15) is 5.10 Å². The predicted molar refractivity (Wildman–Crippen MR) is 124 cm³/mol. The summed E-state index contributed by atoms with van der Waals surface area (Å²) in [5.74, 6) is -0.294. The van der Waals surface area contributed by atoms with E-state index in [1.54, 1.807) is 0 Å². The number of halogens is 1. The van der Waals surface area contributed by atoms with Crippen LogP contribution in [-0.2, 0) is 6.42 Å². The molecule has 31 heavy (non-hydrogen) atoms. The first-order chi connectivity index (χ1) is 15.2. The van der Waals surface area contributed by atoms with E-state index in [4.69, 9.17) is 11.6 Å². The summed E-state index contributed by atoms with van der Waals surface area (Å²) in [6, 6.07) is 16.7. The molecule has 0 saturated carbocycles. The number of benzene rings is 2. The van der Waals surface area contributed by atoms with Gasteiger partial charge in [-0.25, -0.2) is 0 Å². The second kappa shape index (κ2) is 9.94. The molecule has 2 aromatic carbocycles. The van der Waals surface area contributed by atoms with Gasteiger partial charge in [-0.3, -0.25) is 9.89 Å². The maximum atomic E-state index is 13.2. The quantitative estimate of drug-likeness (QED) is 0.516. The number of carbonyl (C=O) groups is 1. The molecule has 1 aliphatic rings. The summed E-state index contributed by atoms with van der Waals surface area (Å²) >= 11 is 6.18. The zero-order valence-corrected chi connectivity index (χ0v) is 18.0. The molecule has 0 radical (unpaired) electrons. The summed E-state index contributed by atoms with van der Waals surface area (Å²) in [4.78, 5) is 13.2. The van der Waals surface area contributed by atoms with Gasteiger partial charge in [0.2, 0.25) is 0 Å². The molecule has 0 unspecified atom stereocenters. The zero-order chi connectivity index (χ0) is 21.6. The molecule has 0 aliphatic heterocycles. The number of rotatable bonds is 5. The highest BCUT2D eigenvalue weighted by atomic mass is 35.5. The Morgan fingerprint density at radius 3 is 2.71 bits per heavy atom. The van der Waals surface area contributed by atoms with Crippen molar-refractivity contribution in [3.05, 3.63) is 87.7 Å². The fraction of sp³-hybridized carbons (Fsp3) is 0.280. The van der Waals surface area contributed by atoms with Gasteiger partial charge in [0.15, 0.2) is 5.69 Å². The number of amides is 1. The first-order valence-electron chi connectivity index (χ1n) is 10.7. The van der Waals surface area contributed by atoms with Crippen LogP contribution in [0.15, 0.2) is 54.6 Å². The van der Waals surface area contributed by atoms with Crippen LogP contribution >= 0.6 is 11.6 Å². The molecule has 6 heteroatoms. The van der Waals surface area contributed by atoms with Crippen molar-refractivity contribution in [3.8, 4) is 0 Å². The third-order valence-electron chi connectivity index (χ3n) is 5.63. The summed E-state index contributed by atoms with van der Waals surface area (Å²) in [6.07, 6.45) is 7.06. The Morgan fingerprint density at radius 1 is 1.13 bits per heavy atom. The Balaban J connectivity index is 1.69. The summed E-state index contributed by atoms with van der Waals surface area (Å²) in [5, 5.41) is 21.0. The van der Waals surface area contributed by atoms with Gasteiger partial charge in [-0.15, -0.1) is 0 Å². The van der Waals surface area contributed by atoms with Gasteiger partial charge in [0.05, 0.1) is 12.6 Å². The number of hydrogen-bond donors (Lipinski definition) is 3. The molecule has 160 valence electrons. The summed E-state index contributed by atoms with van der Waals surface area (Å²) < 4.78 is 0. The normalized spacial score (nSPS) is 16.3. The molecular formula is C25H26ClN3O2. The fourth-order valence-electron chi connectivity index (χ4n) is 4.08. The number of allylic oxidation sites excluding steroid dienone is 1. The van der Waals surface area contributed by atoms with Crippen molar-refractivity contribution in [2.24, 2.45) is 0 Å². The van der Waals surface area contributed by atoms with Crippen molar-refractivity contribution < 1.29 is 9.90 Å². The van der Waals surface area contributed by atoms with Gasteiger partial charge in [0.25, 0.3) is 5.91 Å². The third-order valence-corrected chi connectivity index (χ3v) is 5.86. The van der Waals surface area contributed by atoms with Gasteiger partial charge in [0.1, 0.15) is 0 Å². The van der Waals surface area contributed by atoms with Crippen LogP contribution in [0.5, 0.6) is 0 Å². The van der Waals surface area contributed by atoms with E-state index in [-0.39, 0.29) is 12.5 Å². The molecule has 0 bridgehead atoms. The van der Waals surface area contributed by atoms with Gasteiger partial charge in [-0.05, 0) is 54.5 Å². The van der Waals surface area contributed by atoms with Crippen LogP contribution in [0.4, 0.5) is 0 Å². The van der Waals surface area contributed by atoms with Gasteiger partial charge < -0.3 is 10.4 Å². The largest absolute Gasteiger partial charge is 0.394 e. The second-order valence-electron chi connectivity index (χ2n) is 7.83. The van der Waals surface area contributed by atoms with Crippen molar-refractivity contribution in [3.63, 3.8) is 0 Å². The smallest absolute Gasteiger partial charge is 0.272 e. The van der Waals surface area contributed by atoms with Crippen molar-refractivity contribution in [2.75, 3.05) is 6.61 Å². The number of aliphatic hydroxyl groups is 1. The molecule has 0 saturated heterocycles.